The van der Waals surface area contributed by atoms with Crippen LogP contribution >= 0.6 is 0 Å². The summed E-state index contributed by atoms with van der Waals surface area (Å²) in [5.41, 5.74) is 2.29. The van der Waals surface area contributed by atoms with Gasteiger partial charge in [0.05, 0.1) is 19.4 Å². The maximum absolute atomic E-state index is 12.7. The fourth-order valence-electron chi connectivity index (χ4n) is 3.96. The summed E-state index contributed by atoms with van der Waals surface area (Å²) in [6.07, 6.45) is 0. The summed E-state index contributed by atoms with van der Waals surface area (Å²) >= 11 is 0. The third-order valence-corrected chi connectivity index (χ3v) is 5.99. The maximum Gasteiger partial charge on any atom is 0.260 e. The molecule has 0 atom stereocenters. The number of anilines is 1. The molecule has 9 heteroatoms. The summed E-state index contributed by atoms with van der Waals surface area (Å²) in [6, 6.07) is 16.6. The fourth-order valence-corrected chi connectivity index (χ4v) is 3.96. The van der Waals surface area contributed by atoms with E-state index >= 15 is 0 Å². The van der Waals surface area contributed by atoms with E-state index in [0.29, 0.717) is 49.8 Å². The molecule has 1 amide bonds. The Bertz CT molecular complexity index is 1190. The quantitative estimate of drug-likeness (QED) is 0.421. The first-order chi connectivity index (χ1) is 17.5. The topological polar surface area (TPSA) is 94.1 Å². The Morgan fingerprint density at radius 3 is 2.25 bits per heavy atom. The van der Waals surface area contributed by atoms with E-state index in [1.54, 1.807) is 23.1 Å². The van der Waals surface area contributed by atoms with Crippen molar-refractivity contribution in [1.29, 1.82) is 0 Å². The molecule has 0 spiro atoms. The summed E-state index contributed by atoms with van der Waals surface area (Å²) in [5, 5.41) is 8.78. The van der Waals surface area contributed by atoms with Crippen molar-refractivity contribution < 1.29 is 23.8 Å². The van der Waals surface area contributed by atoms with Crippen LogP contribution in [0.4, 0.5) is 5.82 Å². The van der Waals surface area contributed by atoms with Crippen LogP contribution in [0.5, 0.6) is 17.2 Å². The predicted octanol–water partition coefficient (Wildman–Crippen LogP) is 3.48. The molecule has 188 valence electrons. The van der Waals surface area contributed by atoms with Crippen LogP contribution in [0.15, 0.2) is 54.6 Å². The molecule has 0 bridgehead atoms. The first-order valence-electron chi connectivity index (χ1n) is 11.9. The van der Waals surface area contributed by atoms with E-state index in [1.807, 2.05) is 43.3 Å². The van der Waals surface area contributed by atoms with E-state index < -0.39 is 0 Å². The second-order valence-corrected chi connectivity index (χ2v) is 8.31. The Labute approximate surface area is 210 Å². The number of hydrogen-bond donors (Lipinski definition) is 0. The van der Waals surface area contributed by atoms with E-state index in [9.17, 15) is 9.59 Å². The highest BCUT2D eigenvalue weighted by Crippen LogP contribution is 2.28. The van der Waals surface area contributed by atoms with Crippen LogP contribution in [-0.4, -0.2) is 73.3 Å². The minimum absolute atomic E-state index is 0.0655. The molecule has 1 aliphatic heterocycles. The molecule has 1 fully saturated rings. The van der Waals surface area contributed by atoms with Crippen LogP contribution in [0.2, 0.25) is 0 Å². The number of hydrogen-bond acceptors (Lipinski definition) is 8. The molecule has 0 radical (unpaired) electrons. The van der Waals surface area contributed by atoms with Gasteiger partial charge in [-0.15, -0.1) is 10.2 Å². The van der Waals surface area contributed by atoms with Crippen LogP contribution in [-0.2, 0) is 4.79 Å². The summed E-state index contributed by atoms with van der Waals surface area (Å²) in [6.45, 7) is 6.39. The first-order valence-corrected chi connectivity index (χ1v) is 11.9. The zero-order chi connectivity index (χ0) is 25.5. The molecule has 36 heavy (non-hydrogen) atoms. The average molecular weight is 491 g/mol. The van der Waals surface area contributed by atoms with E-state index in [2.05, 4.69) is 15.1 Å². The van der Waals surface area contributed by atoms with E-state index in [1.165, 1.54) is 14.0 Å². The molecule has 1 aromatic heterocycles. The van der Waals surface area contributed by atoms with Crippen molar-refractivity contribution >= 4 is 17.5 Å². The Morgan fingerprint density at radius 1 is 0.889 bits per heavy atom. The van der Waals surface area contributed by atoms with E-state index in [-0.39, 0.29) is 18.3 Å². The Morgan fingerprint density at radius 2 is 1.64 bits per heavy atom. The van der Waals surface area contributed by atoms with Gasteiger partial charge < -0.3 is 24.0 Å². The van der Waals surface area contributed by atoms with Crippen molar-refractivity contribution in [3.63, 3.8) is 0 Å². The Kier molecular flexibility index (Phi) is 7.99. The third-order valence-electron chi connectivity index (χ3n) is 5.99. The van der Waals surface area contributed by atoms with Crippen molar-refractivity contribution in [1.82, 2.24) is 15.1 Å². The van der Waals surface area contributed by atoms with Gasteiger partial charge in [0.2, 0.25) is 0 Å². The minimum atomic E-state index is -0.107. The fraction of sp³-hybridized carbons (Fsp3) is 0.333. The number of methoxy groups -OCH3 is 1. The lowest BCUT2D eigenvalue weighted by Gasteiger charge is -2.35. The number of rotatable bonds is 9. The van der Waals surface area contributed by atoms with Crippen molar-refractivity contribution in [2.45, 2.75) is 13.8 Å². The third kappa shape index (κ3) is 5.91. The van der Waals surface area contributed by atoms with Crippen molar-refractivity contribution in [3.8, 4) is 28.5 Å². The largest absolute Gasteiger partial charge is 0.494 e. The predicted molar refractivity (Wildman–Crippen MR) is 136 cm³/mol. The van der Waals surface area contributed by atoms with Gasteiger partial charge in [-0.3, -0.25) is 9.59 Å². The normalized spacial score (nSPS) is 13.3. The molecule has 1 saturated heterocycles. The zero-order valence-electron chi connectivity index (χ0n) is 20.8. The van der Waals surface area contributed by atoms with Crippen molar-refractivity contribution in [3.05, 3.63) is 60.2 Å². The van der Waals surface area contributed by atoms with Gasteiger partial charge in [0.25, 0.3) is 5.91 Å². The second-order valence-electron chi connectivity index (χ2n) is 8.31. The summed E-state index contributed by atoms with van der Waals surface area (Å²) < 4.78 is 16.5. The highest BCUT2D eigenvalue weighted by atomic mass is 16.5. The van der Waals surface area contributed by atoms with E-state index in [0.717, 1.165) is 22.8 Å². The number of ether oxygens (including phenoxy) is 3. The monoisotopic (exact) mass is 490 g/mol. The average Bonchev–Trinajstić information content (AvgIpc) is 2.92. The number of carbonyl (C=O) groups excluding carboxylic acids is 2. The van der Waals surface area contributed by atoms with Gasteiger partial charge in [-0.05, 0) is 68.4 Å². The molecule has 0 saturated carbocycles. The highest BCUT2D eigenvalue weighted by Gasteiger charge is 2.23. The highest BCUT2D eigenvalue weighted by molar-refractivity contribution is 5.94. The standard InChI is InChI=1S/C27H30N4O5/c1-4-35-22-8-5-20(6-9-22)23-10-12-26(29-28-23)30-13-15-31(16-14-30)27(33)18-36-24-11-7-21(19(2)32)17-25(24)34-3/h5-12,17H,4,13-16,18H2,1-3H3. The molecular weight excluding hydrogens is 460 g/mol. The summed E-state index contributed by atoms with van der Waals surface area (Å²) in [5.74, 6) is 2.29. The molecular formula is C27H30N4O5. The molecule has 0 unspecified atom stereocenters. The minimum Gasteiger partial charge on any atom is -0.494 e. The molecule has 0 N–H and O–H groups in total. The Hall–Kier alpha value is -4.14. The number of aromatic nitrogens is 2. The van der Waals surface area contributed by atoms with Gasteiger partial charge in [-0.25, -0.2) is 0 Å². The van der Waals surface area contributed by atoms with Gasteiger partial charge in [0, 0.05) is 37.3 Å². The number of piperazine rings is 1. The lowest BCUT2D eigenvalue weighted by atomic mass is 10.1. The van der Waals surface area contributed by atoms with Crippen molar-refractivity contribution in [2.75, 3.05) is 51.4 Å². The van der Waals surface area contributed by atoms with Crippen LogP contribution < -0.4 is 19.1 Å². The van der Waals surface area contributed by atoms with Gasteiger partial charge in [-0.2, -0.15) is 0 Å². The molecule has 1 aliphatic rings. The van der Waals surface area contributed by atoms with Gasteiger partial charge >= 0.3 is 0 Å². The molecule has 3 aromatic rings. The molecule has 2 heterocycles. The summed E-state index contributed by atoms with van der Waals surface area (Å²) in [4.78, 5) is 28.2. The van der Waals surface area contributed by atoms with Crippen LogP contribution in [0.25, 0.3) is 11.3 Å². The van der Waals surface area contributed by atoms with Gasteiger partial charge in [0.15, 0.2) is 29.7 Å². The van der Waals surface area contributed by atoms with Gasteiger partial charge in [0.1, 0.15) is 5.75 Å². The molecule has 2 aromatic carbocycles. The SMILES string of the molecule is CCOc1ccc(-c2ccc(N3CCN(C(=O)COc4ccc(C(C)=O)cc4OC)CC3)nn2)cc1. The molecule has 9 nitrogen and oxygen atoms in total. The lowest BCUT2D eigenvalue weighted by molar-refractivity contribution is -0.133. The number of benzene rings is 2. The van der Waals surface area contributed by atoms with Crippen molar-refractivity contribution in [2.24, 2.45) is 0 Å². The lowest BCUT2D eigenvalue weighted by Crippen LogP contribution is -2.50. The van der Waals surface area contributed by atoms with E-state index in [4.69, 9.17) is 14.2 Å². The maximum atomic E-state index is 12.7. The number of carbonyl (C=O) groups is 2. The Balaban J connectivity index is 1.29. The van der Waals surface area contributed by atoms with Crippen LogP contribution in [0.1, 0.15) is 24.2 Å². The van der Waals surface area contributed by atoms with Crippen LogP contribution in [0.3, 0.4) is 0 Å². The molecule has 0 aliphatic carbocycles. The zero-order valence-corrected chi connectivity index (χ0v) is 20.8. The number of amides is 1. The number of ketones is 1. The second kappa shape index (κ2) is 11.5. The molecule has 4 rings (SSSR count). The smallest absolute Gasteiger partial charge is 0.260 e. The number of nitrogens with zero attached hydrogens (tertiary/aromatic N) is 4. The van der Waals surface area contributed by atoms with Gasteiger partial charge in [-0.1, -0.05) is 0 Å². The summed E-state index contributed by atoms with van der Waals surface area (Å²) in [7, 11) is 1.50. The number of Topliss-reactive ketones (excluding diaryl/α,β-unsaturated/α-hetero) is 1. The van der Waals surface area contributed by atoms with Crippen LogP contribution in [0, 0.1) is 0 Å². The first kappa shape index (κ1) is 25.0.